The van der Waals surface area contributed by atoms with Crippen LogP contribution in [0.15, 0.2) is 30.3 Å². The monoisotopic (exact) mass is 272 g/mol. The number of ether oxygens (including phenoxy) is 1. The highest BCUT2D eigenvalue weighted by atomic mass is 16.5. The van der Waals surface area contributed by atoms with Crippen molar-refractivity contribution in [3.8, 4) is 0 Å². The molecule has 0 bridgehead atoms. The van der Waals surface area contributed by atoms with E-state index in [1.807, 2.05) is 19.1 Å². The Bertz CT molecular complexity index is 572. The van der Waals surface area contributed by atoms with Gasteiger partial charge in [0.15, 0.2) is 5.82 Å². The Labute approximate surface area is 119 Å². The van der Waals surface area contributed by atoms with Crippen molar-refractivity contribution in [2.45, 2.75) is 26.9 Å². The van der Waals surface area contributed by atoms with E-state index in [9.17, 15) is 0 Å². The lowest BCUT2D eigenvalue weighted by Crippen LogP contribution is -2.05. The molecule has 0 atom stereocenters. The topological polar surface area (TPSA) is 73.1 Å². The largest absolute Gasteiger partial charge is 0.384 e. The van der Waals surface area contributed by atoms with Crippen molar-refractivity contribution in [3.63, 3.8) is 0 Å². The van der Waals surface area contributed by atoms with Crippen molar-refractivity contribution < 1.29 is 4.74 Å². The highest BCUT2D eigenvalue weighted by Gasteiger charge is 2.04. The van der Waals surface area contributed by atoms with Crippen LogP contribution in [-0.4, -0.2) is 16.6 Å². The molecule has 0 amide bonds. The summed E-state index contributed by atoms with van der Waals surface area (Å²) in [4.78, 5) is 8.54. The number of hydrogen-bond donors (Lipinski definition) is 2. The maximum atomic E-state index is 5.79. The zero-order valence-corrected chi connectivity index (χ0v) is 11.9. The van der Waals surface area contributed by atoms with E-state index in [0.29, 0.717) is 30.7 Å². The van der Waals surface area contributed by atoms with E-state index in [0.717, 1.165) is 12.1 Å². The van der Waals surface area contributed by atoms with E-state index in [1.165, 1.54) is 5.56 Å². The number of aryl methyl sites for hydroxylation is 1. The maximum absolute atomic E-state index is 5.79. The summed E-state index contributed by atoms with van der Waals surface area (Å²) < 4.78 is 5.31. The smallest absolute Gasteiger partial charge is 0.158 e. The first-order valence-corrected chi connectivity index (χ1v) is 6.78. The van der Waals surface area contributed by atoms with Crippen molar-refractivity contribution in [2.24, 2.45) is 0 Å². The SMILES string of the molecule is CCOCc1nc(N)cc(Nc2cccc(CC)c2)n1. The van der Waals surface area contributed by atoms with Crippen LogP contribution in [-0.2, 0) is 17.8 Å². The van der Waals surface area contributed by atoms with Crippen LogP contribution in [0.4, 0.5) is 17.3 Å². The van der Waals surface area contributed by atoms with Gasteiger partial charge in [-0.15, -0.1) is 0 Å². The first-order valence-electron chi connectivity index (χ1n) is 6.78. The van der Waals surface area contributed by atoms with Crippen molar-refractivity contribution >= 4 is 17.3 Å². The molecule has 0 saturated carbocycles. The highest BCUT2D eigenvalue weighted by molar-refractivity contribution is 5.59. The predicted molar refractivity (Wildman–Crippen MR) is 80.9 cm³/mol. The molecule has 0 aliphatic carbocycles. The average molecular weight is 272 g/mol. The molecule has 1 aromatic carbocycles. The maximum Gasteiger partial charge on any atom is 0.158 e. The molecule has 2 aromatic rings. The summed E-state index contributed by atoms with van der Waals surface area (Å²) in [5, 5.41) is 3.25. The summed E-state index contributed by atoms with van der Waals surface area (Å²) in [6, 6.07) is 9.93. The number of rotatable bonds is 6. The second-order valence-electron chi connectivity index (χ2n) is 4.41. The molecule has 5 heteroatoms. The van der Waals surface area contributed by atoms with Gasteiger partial charge in [0, 0.05) is 18.4 Å². The molecule has 1 aromatic heterocycles. The fourth-order valence-corrected chi connectivity index (χ4v) is 1.86. The Hall–Kier alpha value is -2.14. The van der Waals surface area contributed by atoms with Gasteiger partial charge in [-0.05, 0) is 31.0 Å². The number of aromatic nitrogens is 2. The first-order chi connectivity index (χ1) is 9.71. The van der Waals surface area contributed by atoms with Gasteiger partial charge in [0.05, 0.1) is 0 Å². The molecular formula is C15H20N4O. The molecule has 5 nitrogen and oxygen atoms in total. The van der Waals surface area contributed by atoms with Crippen molar-refractivity contribution in [2.75, 3.05) is 17.7 Å². The minimum atomic E-state index is 0.366. The molecular weight excluding hydrogens is 252 g/mol. The van der Waals surface area contributed by atoms with Gasteiger partial charge in [0.25, 0.3) is 0 Å². The Morgan fingerprint density at radius 3 is 2.80 bits per heavy atom. The number of nitrogens with one attached hydrogen (secondary N) is 1. The van der Waals surface area contributed by atoms with Crippen LogP contribution in [0.2, 0.25) is 0 Å². The van der Waals surface area contributed by atoms with Crippen LogP contribution in [0, 0.1) is 0 Å². The number of nitrogens with two attached hydrogens (primary N) is 1. The van der Waals surface area contributed by atoms with E-state index in [2.05, 4.69) is 34.3 Å². The molecule has 3 N–H and O–H groups in total. The first kappa shape index (κ1) is 14.3. The summed E-state index contributed by atoms with van der Waals surface area (Å²) in [7, 11) is 0. The zero-order valence-electron chi connectivity index (χ0n) is 11.9. The summed E-state index contributed by atoms with van der Waals surface area (Å²) in [6.45, 7) is 5.05. The molecule has 2 rings (SSSR count). The van der Waals surface area contributed by atoms with E-state index >= 15 is 0 Å². The summed E-state index contributed by atoms with van der Waals surface area (Å²) in [6.07, 6.45) is 0.997. The molecule has 1 heterocycles. The normalized spacial score (nSPS) is 10.5. The van der Waals surface area contributed by atoms with Crippen LogP contribution in [0.25, 0.3) is 0 Å². The van der Waals surface area contributed by atoms with Crippen molar-refractivity contribution in [1.82, 2.24) is 9.97 Å². The lowest BCUT2D eigenvalue weighted by Gasteiger charge is -2.09. The van der Waals surface area contributed by atoms with Gasteiger partial charge >= 0.3 is 0 Å². The third-order valence-corrected chi connectivity index (χ3v) is 2.84. The van der Waals surface area contributed by atoms with E-state index in [-0.39, 0.29) is 0 Å². The molecule has 20 heavy (non-hydrogen) atoms. The molecule has 0 spiro atoms. The third kappa shape index (κ3) is 3.93. The standard InChI is InChI=1S/C15H20N4O/c1-3-11-6-5-7-12(8-11)17-14-9-13(16)18-15(19-14)10-20-4-2/h5-9H,3-4,10H2,1-2H3,(H3,16,17,18,19). The number of nitrogens with zero attached hydrogens (tertiary/aromatic N) is 2. The Balaban J connectivity index is 2.17. The predicted octanol–water partition coefficient (Wildman–Crippen LogP) is 2.90. The van der Waals surface area contributed by atoms with Crippen LogP contribution >= 0.6 is 0 Å². The fraction of sp³-hybridized carbons (Fsp3) is 0.333. The Kier molecular flexibility index (Phi) is 4.90. The summed E-state index contributed by atoms with van der Waals surface area (Å²) >= 11 is 0. The average Bonchev–Trinajstić information content (AvgIpc) is 2.44. The lowest BCUT2D eigenvalue weighted by molar-refractivity contribution is 0.128. The summed E-state index contributed by atoms with van der Waals surface area (Å²) in [5.41, 5.74) is 8.05. The van der Waals surface area contributed by atoms with Crippen molar-refractivity contribution in [3.05, 3.63) is 41.7 Å². The number of anilines is 3. The van der Waals surface area contributed by atoms with Crippen LogP contribution in [0.5, 0.6) is 0 Å². The van der Waals surface area contributed by atoms with Gasteiger partial charge in [-0.2, -0.15) is 0 Å². The van der Waals surface area contributed by atoms with Gasteiger partial charge in [-0.1, -0.05) is 19.1 Å². The van der Waals surface area contributed by atoms with Gasteiger partial charge in [0.2, 0.25) is 0 Å². The summed E-state index contributed by atoms with van der Waals surface area (Å²) in [5.74, 6) is 1.70. The second kappa shape index (κ2) is 6.86. The lowest BCUT2D eigenvalue weighted by atomic mass is 10.1. The van der Waals surface area contributed by atoms with Gasteiger partial charge in [-0.3, -0.25) is 0 Å². The molecule has 106 valence electrons. The Morgan fingerprint density at radius 2 is 2.05 bits per heavy atom. The molecule has 0 aliphatic rings. The second-order valence-corrected chi connectivity index (χ2v) is 4.41. The fourth-order valence-electron chi connectivity index (χ4n) is 1.86. The Morgan fingerprint density at radius 1 is 1.20 bits per heavy atom. The van der Waals surface area contributed by atoms with Gasteiger partial charge in [-0.25, -0.2) is 9.97 Å². The quantitative estimate of drug-likeness (QED) is 0.846. The minimum absolute atomic E-state index is 0.366. The molecule has 0 fully saturated rings. The van der Waals surface area contributed by atoms with Crippen LogP contribution in [0.3, 0.4) is 0 Å². The highest BCUT2D eigenvalue weighted by Crippen LogP contribution is 2.18. The number of benzene rings is 1. The van der Waals surface area contributed by atoms with E-state index < -0.39 is 0 Å². The van der Waals surface area contributed by atoms with E-state index in [4.69, 9.17) is 10.5 Å². The molecule has 0 radical (unpaired) electrons. The minimum Gasteiger partial charge on any atom is -0.384 e. The van der Waals surface area contributed by atoms with Gasteiger partial charge in [0.1, 0.15) is 18.2 Å². The van der Waals surface area contributed by atoms with Crippen LogP contribution < -0.4 is 11.1 Å². The van der Waals surface area contributed by atoms with E-state index in [1.54, 1.807) is 6.07 Å². The number of nitrogen functional groups attached to an aromatic ring is 1. The third-order valence-electron chi connectivity index (χ3n) is 2.84. The molecule has 0 saturated heterocycles. The van der Waals surface area contributed by atoms with Crippen LogP contribution in [0.1, 0.15) is 25.2 Å². The molecule has 0 aliphatic heterocycles. The van der Waals surface area contributed by atoms with Gasteiger partial charge < -0.3 is 15.8 Å². The zero-order chi connectivity index (χ0) is 14.4. The van der Waals surface area contributed by atoms with Crippen molar-refractivity contribution in [1.29, 1.82) is 0 Å². The molecule has 0 unspecified atom stereocenters. The number of hydrogen-bond acceptors (Lipinski definition) is 5.